The van der Waals surface area contributed by atoms with E-state index < -0.39 is 20.9 Å². The summed E-state index contributed by atoms with van der Waals surface area (Å²) in [4.78, 5) is -0.575. The standard InChI is InChI=1S/C11H11N3O3S/c12-8-5-6-3-1-2-4-7(6)9(11(13)14)10(8)18(15,16)17/h1-4,12H,5H2,(H3,13,14)(H,15,16,17). The lowest BCUT2D eigenvalue weighted by molar-refractivity contribution is 0.493. The SMILES string of the molecule is N=C(N)C1=C(S(=O)(=O)O)C(=N)Cc2ccccc21. The van der Waals surface area contributed by atoms with E-state index >= 15 is 0 Å². The van der Waals surface area contributed by atoms with Gasteiger partial charge in [-0.25, -0.2) is 0 Å². The number of nitrogens with one attached hydrogen (secondary N) is 2. The predicted molar refractivity (Wildman–Crippen MR) is 68.3 cm³/mol. The van der Waals surface area contributed by atoms with E-state index in [9.17, 15) is 13.0 Å². The summed E-state index contributed by atoms with van der Waals surface area (Å²) in [7, 11) is -4.58. The monoisotopic (exact) mass is 265 g/mol. The minimum atomic E-state index is -4.58. The minimum Gasteiger partial charge on any atom is -0.384 e. The first kappa shape index (κ1) is 12.5. The molecule has 6 nitrogen and oxygen atoms in total. The van der Waals surface area contributed by atoms with Crippen LogP contribution in [0.5, 0.6) is 0 Å². The number of rotatable bonds is 2. The van der Waals surface area contributed by atoms with Crippen LogP contribution in [-0.4, -0.2) is 24.5 Å². The smallest absolute Gasteiger partial charge is 0.297 e. The maximum absolute atomic E-state index is 11.3. The van der Waals surface area contributed by atoms with Crippen LogP contribution < -0.4 is 5.73 Å². The van der Waals surface area contributed by atoms with Gasteiger partial charge in [-0.2, -0.15) is 8.42 Å². The molecule has 0 unspecified atom stereocenters. The molecule has 0 atom stereocenters. The Labute approximate surface area is 104 Å². The molecule has 0 aliphatic heterocycles. The summed E-state index contributed by atoms with van der Waals surface area (Å²) in [6.07, 6.45) is 0.0854. The molecule has 18 heavy (non-hydrogen) atoms. The first-order valence-electron chi connectivity index (χ1n) is 5.04. The summed E-state index contributed by atoms with van der Waals surface area (Å²) >= 11 is 0. The molecule has 0 saturated heterocycles. The van der Waals surface area contributed by atoms with Gasteiger partial charge in [0.1, 0.15) is 10.7 Å². The average molecular weight is 265 g/mol. The van der Waals surface area contributed by atoms with Gasteiger partial charge in [-0.15, -0.1) is 0 Å². The third-order valence-electron chi connectivity index (χ3n) is 2.68. The van der Waals surface area contributed by atoms with Crippen molar-refractivity contribution in [2.24, 2.45) is 5.73 Å². The topological polar surface area (TPSA) is 128 Å². The molecule has 0 amide bonds. The predicted octanol–water partition coefficient (Wildman–Crippen LogP) is 0.797. The normalized spacial score (nSPS) is 15.5. The van der Waals surface area contributed by atoms with Crippen molar-refractivity contribution >= 4 is 27.2 Å². The Kier molecular flexibility index (Phi) is 2.80. The summed E-state index contributed by atoms with van der Waals surface area (Å²) in [6, 6.07) is 6.78. The Hall–Kier alpha value is -1.99. The van der Waals surface area contributed by atoms with Gasteiger partial charge in [0.15, 0.2) is 0 Å². The van der Waals surface area contributed by atoms with Crippen molar-refractivity contribution in [3.63, 3.8) is 0 Å². The maximum Gasteiger partial charge on any atom is 0.297 e. The largest absolute Gasteiger partial charge is 0.384 e. The van der Waals surface area contributed by atoms with Gasteiger partial charge in [0.2, 0.25) is 0 Å². The maximum atomic E-state index is 11.3. The summed E-state index contributed by atoms with van der Waals surface area (Å²) in [5.74, 6) is -0.487. The van der Waals surface area contributed by atoms with Crippen LogP contribution in [0.25, 0.3) is 5.57 Å². The molecule has 0 heterocycles. The van der Waals surface area contributed by atoms with Crippen molar-refractivity contribution in [3.8, 4) is 0 Å². The number of hydrogen-bond acceptors (Lipinski definition) is 4. The van der Waals surface area contributed by atoms with Crippen molar-refractivity contribution in [1.29, 1.82) is 10.8 Å². The van der Waals surface area contributed by atoms with Gasteiger partial charge in [-0.1, -0.05) is 24.3 Å². The Morgan fingerprint density at radius 2 is 1.94 bits per heavy atom. The van der Waals surface area contributed by atoms with Gasteiger partial charge in [-0.3, -0.25) is 9.96 Å². The lowest BCUT2D eigenvalue weighted by Gasteiger charge is -2.21. The third kappa shape index (κ3) is 1.93. The number of allylic oxidation sites excluding steroid dienone is 1. The van der Waals surface area contributed by atoms with Crippen LogP contribution in [0, 0.1) is 10.8 Å². The van der Waals surface area contributed by atoms with Crippen molar-refractivity contribution in [2.75, 3.05) is 0 Å². The quantitative estimate of drug-likeness (QED) is 0.358. The van der Waals surface area contributed by atoms with E-state index in [2.05, 4.69) is 0 Å². The summed E-state index contributed by atoms with van der Waals surface area (Å²) in [5.41, 5.74) is 6.19. The number of benzene rings is 1. The molecule has 5 N–H and O–H groups in total. The molecule has 0 spiro atoms. The molecular formula is C11H11N3O3S. The number of nitrogens with two attached hydrogens (primary N) is 1. The Morgan fingerprint density at radius 3 is 2.50 bits per heavy atom. The van der Waals surface area contributed by atoms with Crippen molar-refractivity contribution < 1.29 is 13.0 Å². The van der Waals surface area contributed by atoms with Gasteiger partial charge in [0.05, 0.1) is 5.71 Å². The lowest BCUT2D eigenvalue weighted by Crippen LogP contribution is -2.27. The molecule has 1 aromatic carbocycles. The van der Waals surface area contributed by atoms with E-state index in [1.807, 2.05) is 0 Å². The second-order valence-electron chi connectivity index (χ2n) is 3.91. The van der Waals surface area contributed by atoms with Gasteiger partial charge in [-0.05, 0) is 11.1 Å². The highest BCUT2D eigenvalue weighted by Crippen LogP contribution is 2.31. The molecule has 0 bridgehead atoms. The van der Waals surface area contributed by atoms with Crippen molar-refractivity contribution in [1.82, 2.24) is 0 Å². The van der Waals surface area contributed by atoms with Gasteiger partial charge in [0, 0.05) is 12.0 Å². The van der Waals surface area contributed by atoms with E-state index in [4.69, 9.17) is 16.6 Å². The van der Waals surface area contributed by atoms with Crippen molar-refractivity contribution in [2.45, 2.75) is 6.42 Å². The zero-order valence-electron chi connectivity index (χ0n) is 9.27. The Balaban J connectivity index is 2.88. The summed E-state index contributed by atoms with van der Waals surface area (Å²) in [6.45, 7) is 0. The molecule has 1 aliphatic rings. The molecular weight excluding hydrogens is 254 g/mol. The van der Waals surface area contributed by atoms with Crippen LogP contribution in [0.15, 0.2) is 29.2 Å². The second kappa shape index (κ2) is 4.04. The number of fused-ring (bicyclic) bond motifs is 1. The van der Waals surface area contributed by atoms with Crippen molar-refractivity contribution in [3.05, 3.63) is 40.3 Å². The molecule has 2 rings (SSSR count). The fraction of sp³-hybridized carbons (Fsp3) is 0.0909. The fourth-order valence-electron chi connectivity index (χ4n) is 2.01. The molecule has 94 valence electrons. The van der Waals surface area contributed by atoms with E-state index in [0.29, 0.717) is 11.1 Å². The average Bonchev–Trinajstić information content (AvgIpc) is 2.25. The van der Waals surface area contributed by atoms with E-state index in [-0.39, 0.29) is 17.7 Å². The first-order valence-corrected chi connectivity index (χ1v) is 6.48. The molecule has 0 fully saturated rings. The highest BCUT2D eigenvalue weighted by molar-refractivity contribution is 7.91. The van der Waals surface area contributed by atoms with E-state index in [1.165, 1.54) is 0 Å². The summed E-state index contributed by atoms with van der Waals surface area (Å²) in [5, 5.41) is 15.2. The van der Waals surface area contributed by atoms with Gasteiger partial charge < -0.3 is 11.1 Å². The third-order valence-corrected chi connectivity index (χ3v) is 3.65. The first-order chi connectivity index (χ1) is 8.32. The number of hydrogen-bond donors (Lipinski definition) is 4. The van der Waals surface area contributed by atoms with Crippen LogP contribution >= 0.6 is 0 Å². The molecule has 1 aromatic rings. The lowest BCUT2D eigenvalue weighted by atomic mass is 9.89. The minimum absolute atomic E-state index is 0.0854. The Bertz CT molecular complexity index is 689. The second-order valence-corrected chi connectivity index (χ2v) is 5.26. The zero-order valence-corrected chi connectivity index (χ0v) is 10.1. The van der Waals surface area contributed by atoms with Crippen LogP contribution in [0.2, 0.25) is 0 Å². The van der Waals surface area contributed by atoms with Crippen LogP contribution in [-0.2, 0) is 16.5 Å². The molecule has 0 aromatic heterocycles. The highest BCUT2D eigenvalue weighted by Gasteiger charge is 2.31. The van der Waals surface area contributed by atoms with E-state index in [1.54, 1.807) is 24.3 Å². The number of amidine groups is 1. The van der Waals surface area contributed by atoms with Gasteiger partial charge in [0.25, 0.3) is 10.1 Å². The summed E-state index contributed by atoms with van der Waals surface area (Å²) < 4.78 is 31.8. The highest BCUT2D eigenvalue weighted by atomic mass is 32.2. The molecule has 0 radical (unpaired) electrons. The van der Waals surface area contributed by atoms with E-state index in [0.717, 1.165) is 0 Å². The zero-order chi connectivity index (χ0) is 13.5. The van der Waals surface area contributed by atoms with Crippen LogP contribution in [0.1, 0.15) is 11.1 Å². The molecule has 1 aliphatic carbocycles. The van der Waals surface area contributed by atoms with Crippen LogP contribution in [0.3, 0.4) is 0 Å². The Morgan fingerprint density at radius 1 is 1.33 bits per heavy atom. The molecule has 7 heteroatoms. The van der Waals surface area contributed by atoms with Gasteiger partial charge >= 0.3 is 0 Å². The molecule has 0 saturated carbocycles. The van der Waals surface area contributed by atoms with Crippen LogP contribution in [0.4, 0.5) is 0 Å². The fourth-order valence-corrected chi connectivity index (χ4v) is 2.88.